The topological polar surface area (TPSA) is 51.5 Å². The minimum atomic E-state index is -3.44. The van der Waals surface area contributed by atoms with E-state index in [0.717, 1.165) is 39.7 Å². The van der Waals surface area contributed by atoms with Crippen LogP contribution in [0.5, 0.6) is 0 Å². The van der Waals surface area contributed by atoms with Crippen molar-refractivity contribution in [3.05, 3.63) is 124 Å². The Labute approximate surface area is 210 Å². The van der Waals surface area contributed by atoms with E-state index in [9.17, 15) is 4.79 Å². The second-order valence-corrected chi connectivity index (χ2v) is 12.4. The maximum atomic E-state index is 15.2. The predicted molar refractivity (Wildman–Crippen MR) is 142 cm³/mol. The number of nitrogens with zero attached hydrogens (tertiary/aromatic N) is 2. The van der Waals surface area contributed by atoms with E-state index in [1.165, 1.54) is 0 Å². The first-order valence-electron chi connectivity index (χ1n) is 12.6. The lowest BCUT2D eigenvalue weighted by atomic mass is 9.84. The predicted octanol–water partition coefficient (Wildman–Crippen LogP) is 5.57. The van der Waals surface area contributed by atoms with Crippen molar-refractivity contribution >= 4 is 12.8 Å². The minimum Gasteiger partial charge on any atom is -0.312 e. The van der Waals surface area contributed by atoms with Crippen molar-refractivity contribution in [2.45, 2.75) is 25.0 Å². The first-order chi connectivity index (χ1) is 17.6. The molecule has 5 nitrogen and oxygen atoms in total. The molecule has 2 bridgehead atoms. The summed E-state index contributed by atoms with van der Waals surface area (Å²) < 4.78 is 26.1. The van der Waals surface area contributed by atoms with E-state index in [1.54, 1.807) is 6.07 Å². The van der Waals surface area contributed by atoms with E-state index in [2.05, 4.69) is 28.9 Å². The van der Waals surface area contributed by atoms with Crippen LogP contribution in [0.15, 0.2) is 102 Å². The molecule has 36 heavy (non-hydrogen) atoms. The summed E-state index contributed by atoms with van der Waals surface area (Å²) in [5, 5.41) is 0.720. The summed E-state index contributed by atoms with van der Waals surface area (Å²) >= 11 is 0. The van der Waals surface area contributed by atoms with Crippen LogP contribution in [-0.4, -0.2) is 22.3 Å². The van der Waals surface area contributed by atoms with Crippen LogP contribution >= 0.6 is 7.52 Å². The van der Waals surface area contributed by atoms with Crippen molar-refractivity contribution < 1.29 is 9.09 Å². The lowest BCUT2D eigenvalue weighted by Gasteiger charge is -2.45. The van der Waals surface area contributed by atoms with Gasteiger partial charge in [-0.2, -0.15) is 0 Å². The summed E-state index contributed by atoms with van der Waals surface area (Å²) in [6.45, 7) is 1.90. The van der Waals surface area contributed by atoms with E-state index < -0.39 is 13.6 Å². The number of hydrogen-bond acceptors (Lipinski definition) is 3. The highest BCUT2D eigenvalue weighted by atomic mass is 31.2. The van der Waals surface area contributed by atoms with Crippen molar-refractivity contribution in [1.82, 2.24) is 9.24 Å². The van der Waals surface area contributed by atoms with Gasteiger partial charge < -0.3 is 9.09 Å². The van der Waals surface area contributed by atoms with E-state index in [4.69, 9.17) is 4.52 Å². The molecule has 0 spiro atoms. The van der Waals surface area contributed by atoms with Crippen LogP contribution in [0.1, 0.15) is 35.3 Å². The van der Waals surface area contributed by atoms with E-state index in [-0.39, 0.29) is 17.4 Å². The van der Waals surface area contributed by atoms with Gasteiger partial charge in [-0.1, -0.05) is 72.8 Å². The van der Waals surface area contributed by atoms with Gasteiger partial charge in [0, 0.05) is 37.3 Å². The van der Waals surface area contributed by atoms with Crippen molar-refractivity contribution in [2.24, 2.45) is 5.92 Å². The van der Waals surface area contributed by atoms with Crippen LogP contribution in [0, 0.1) is 5.92 Å². The van der Waals surface area contributed by atoms with E-state index in [0.29, 0.717) is 19.6 Å². The average Bonchev–Trinajstić information content (AvgIpc) is 3.23. The average molecular weight is 495 g/mol. The summed E-state index contributed by atoms with van der Waals surface area (Å²) in [4.78, 5) is 12.5. The van der Waals surface area contributed by atoms with Gasteiger partial charge in [0.05, 0.1) is 5.30 Å². The number of piperidine rings is 1. The molecule has 1 aliphatic carbocycles. The van der Waals surface area contributed by atoms with Crippen molar-refractivity contribution in [2.75, 3.05) is 13.1 Å². The second-order valence-electron chi connectivity index (χ2n) is 10.1. The van der Waals surface area contributed by atoms with Crippen LogP contribution in [0.2, 0.25) is 0 Å². The largest absolute Gasteiger partial charge is 0.312 e. The van der Waals surface area contributed by atoms with Crippen molar-refractivity contribution in [3.63, 3.8) is 0 Å². The molecule has 6 heteroatoms. The monoisotopic (exact) mass is 494 g/mol. The van der Waals surface area contributed by atoms with Gasteiger partial charge in [-0.05, 0) is 52.8 Å². The Morgan fingerprint density at radius 2 is 1.39 bits per heavy atom. The minimum absolute atomic E-state index is 0.0531. The summed E-state index contributed by atoms with van der Waals surface area (Å²) in [6.07, 6.45) is 0.601. The molecule has 3 heterocycles. The zero-order valence-corrected chi connectivity index (χ0v) is 20.8. The molecule has 1 saturated heterocycles. The normalized spacial score (nSPS) is 22.3. The SMILES string of the molecule is O=c1cccc2n1C[C@H]1C[C@@H]2CN([P@@](=O)(OC2c3ccccc3-c3ccccc32)c2ccccc2)C1. The Hall–Kier alpha value is -3.24. The first-order valence-corrected chi connectivity index (χ1v) is 14.2. The number of benzene rings is 3. The summed E-state index contributed by atoms with van der Waals surface area (Å²) in [7, 11) is -3.44. The van der Waals surface area contributed by atoms with Crippen LogP contribution in [-0.2, 0) is 15.6 Å². The maximum Gasteiger partial charge on any atom is 0.303 e. The highest BCUT2D eigenvalue weighted by Gasteiger charge is 2.46. The quantitative estimate of drug-likeness (QED) is 0.348. The van der Waals surface area contributed by atoms with Crippen LogP contribution in [0.25, 0.3) is 11.1 Å². The molecule has 3 atom stereocenters. The summed E-state index contributed by atoms with van der Waals surface area (Å²) in [5.74, 6) is 0.398. The Morgan fingerprint density at radius 3 is 2.11 bits per heavy atom. The Morgan fingerprint density at radius 1 is 0.722 bits per heavy atom. The molecule has 0 saturated carbocycles. The van der Waals surface area contributed by atoms with Gasteiger partial charge in [0.2, 0.25) is 0 Å². The molecule has 7 rings (SSSR count). The highest BCUT2D eigenvalue weighted by Crippen LogP contribution is 2.60. The Bertz CT molecular complexity index is 1520. The van der Waals surface area contributed by atoms with E-state index >= 15 is 4.57 Å². The number of hydrogen-bond donors (Lipinski definition) is 0. The van der Waals surface area contributed by atoms with Gasteiger partial charge in [-0.25, -0.2) is 4.67 Å². The number of rotatable bonds is 4. The third kappa shape index (κ3) is 3.38. The van der Waals surface area contributed by atoms with Crippen LogP contribution in [0.4, 0.5) is 0 Å². The van der Waals surface area contributed by atoms with Gasteiger partial charge in [0.25, 0.3) is 5.56 Å². The van der Waals surface area contributed by atoms with E-state index in [1.807, 2.05) is 71.3 Å². The summed E-state index contributed by atoms with van der Waals surface area (Å²) in [6, 6.07) is 31.7. The fourth-order valence-electron chi connectivity index (χ4n) is 6.36. The summed E-state index contributed by atoms with van der Waals surface area (Å²) in [5.41, 5.74) is 5.49. The zero-order chi connectivity index (χ0) is 24.3. The molecule has 0 N–H and O–H groups in total. The molecular formula is C30H27N2O3P. The van der Waals surface area contributed by atoms with Crippen LogP contribution < -0.4 is 10.9 Å². The number of fused-ring (bicyclic) bond motifs is 7. The Kier molecular flexibility index (Phi) is 5.14. The van der Waals surface area contributed by atoms with Crippen molar-refractivity contribution in [3.8, 4) is 11.1 Å². The van der Waals surface area contributed by atoms with Gasteiger partial charge in [-0.3, -0.25) is 9.36 Å². The maximum absolute atomic E-state index is 15.2. The molecule has 0 radical (unpaired) electrons. The van der Waals surface area contributed by atoms with Gasteiger partial charge >= 0.3 is 7.52 Å². The highest BCUT2D eigenvalue weighted by molar-refractivity contribution is 7.64. The van der Waals surface area contributed by atoms with Crippen LogP contribution in [0.3, 0.4) is 0 Å². The molecule has 1 fully saturated rings. The van der Waals surface area contributed by atoms with Gasteiger partial charge in [0.1, 0.15) is 6.10 Å². The van der Waals surface area contributed by atoms with Crippen molar-refractivity contribution in [1.29, 1.82) is 0 Å². The molecule has 0 unspecified atom stereocenters. The fraction of sp³-hybridized carbons (Fsp3) is 0.233. The molecule has 0 amide bonds. The van der Waals surface area contributed by atoms with Gasteiger partial charge in [-0.15, -0.1) is 0 Å². The number of pyridine rings is 1. The molecule has 4 aromatic rings. The zero-order valence-electron chi connectivity index (χ0n) is 19.9. The fourth-order valence-corrected chi connectivity index (χ4v) is 8.86. The molecule has 180 valence electrons. The second kappa shape index (κ2) is 8.41. The standard InChI is InChI=1S/C30H27N2O3P/c33-29-16-8-15-28-22-17-21(19-32(28)29)18-31(20-22)36(34,23-9-2-1-3-10-23)35-30-26-13-6-4-11-24(26)25-12-5-7-14-27(25)30/h1-16,21-22,30H,17-20H2/t21-,22+,36-/m0/s1. The molecule has 2 aliphatic heterocycles. The third-order valence-corrected chi connectivity index (χ3v) is 10.5. The number of aromatic nitrogens is 1. The smallest absolute Gasteiger partial charge is 0.303 e. The molecular weight excluding hydrogens is 467 g/mol. The molecule has 3 aromatic carbocycles. The lowest BCUT2D eigenvalue weighted by molar-refractivity contribution is 0.152. The third-order valence-electron chi connectivity index (χ3n) is 7.94. The Balaban J connectivity index is 1.32. The molecule has 3 aliphatic rings. The molecule has 1 aromatic heterocycles. The van der Waals surface area contributed by atoms with Gasteiger partial charge in [0.15, 0.2) is 0 Å². The lowest BCUT2D eigenvalue weighted by Crippen LogP contribution is -2.47. The first kappa shape index (κ1) is 22.0.